The predicted molar refractivity (Wildman–Crippen MR) is 94.2 cm³/mol. The lowest BCUT2D eigenvalue weighted by Gasteiger charge is -2.51. The number of hydrogen-bond acceptors (Lipinski definition) is 4. The van der Waals surface area contributed by atoms with Crippen LogP contribution in [-0.4, -0.2) is 49.9 Å². The Labute approximate surface area is 150 Å². The van der Waals surface area contributed by atoms with Crippen molar-refractivity contribution in [2.45, 2.75) is 96.7 Å². The number of carbonyl (C=O) groups is 2. The van der Waals surface area contributed by atoms with E-state index in [1.54, 1.807) is 13.8 Å². The summed E-state index contributed by atoms with van der Waals surface area (Å²) in [7, 11) is -2.52. The molecule has 1 rings (SSSR count). The van der Waals surface area contributed by atoms with Gasteiger partial charge in [0.25, 0.3) is 12.3 Å². The third-order valence-electron chi connectivity index (χ3n) is 4.92. The molecule has 1 fully saturated rings. The van der Waals surface area contributed by atoms with Crippen LogP contribution < -0.4 is 0 Å². The van der Waals surface area contributed by atoms with E-state index in [4.69, 9.17) is 9.16 Å². The number of ether oxygens (including phenoxy) is 1. The summed E-state index contributed by atoms with van der Waals surface area (Å²) in [5.41, 5.74) is 0.445. The smallest absolute Gasteiger partial charge is 0.417 e. The third-order valence-corrected chi connectivity index (χ3v) is 11.0. The molecule has 146 valence electrons. The summed E-state index contributed by atoms with van der Waals surface area (Å²) in [6.45, 7) is 15.3. The average Bonchev–Trinajstić information content (AvgIpc) is 2.42. The van der Waals surface area contributed by atoms with Crippen molar-refractivity contribution in [2.24, 2.45) is 0 Å². The van der Waals surface area contributed by atoms with Crippen LogP contribution in [0.2, 0.25) is 16.6 Å². The van der Waals surface area contributed by atoms with E-state index >= 15 is 0 Å². The molecule has 1 heterocycles. The van der Waals surface area contributed by atoms with Crippen LogP contribution in [0.15, 0.2) is 0 Å². The quantitative estimate of drug-likeness (QED) is 0.480. The van der Waals surface area contributed by atoms with Gasteiger partial charge in [-0.2, -0.15) is 0 Å². The van der Waals surface area contributed by atoms with Crippen molar-refractivity contribution >= 4 is 20.3 Å². The Balaban J connectivity index is 3.12. The Hall–Kier alpha value is -1.02. The lowest BCUT2D eigenvalue weighted by molar-refractivity contribution is -0.172. The summed E-state index contributed by atoms with van der Waals surface area (Å²) in [5.74, 6) is -0.727. The van der Waals surface area contributed by atoms with Crippen LogP contribution in [0.5, 0.6) is 0 Å². The molecule has 0 radical (unpaired) electrons. The molecular formula is C17H31F2NO4Si. The largest absolute Gasteiger partial charge is 0.446 e. The van der Waals surface area contributed by atoms with Crippen molar-refractivity contribution in [3.63, 3.8) is 0 Å². The van der Waals surface area contributed by atoms with E-state index in [-0.39, 0.29) is 16.6 Å². The summed E-state index contributed by atoms with van der Waals surface area (Å²) in [6, 6.07) is -1.58. The molecule has 0 saturated carbocycles. The zero-order valence-electron chi connectivity index (χ0n) is 16.4. The molecule has 0 aromatic rings. The highest BCUT2D eigenvalue weighted by molar-refractivity contribution is 6.77. The minimum atomic E-state index is -2.87. The molecule has 0 aromatic carbocycles. The van der Waals surface area contributed by atoms with Crippen LogP contribution in [0.4, 0.5) is 13.6 Å². The van der Waals surface area contributed by atoms with E-state index in [0.717, 1.165) is 0 Å². The van der Waals surface area contributed by atoms with Gasteiger partial charge >= 0.3 is 6.09 Å². The van der Waals surface area contributed by atoms with Crippen LogP contribution in [-0.2, 0) is 14.0 Å². The molecule has 5 nitrogen and oxygen atoms in total. The second-order valence-corrected chi connectivity index (χ2v) is 13.2. The van der Waals surface area contributed by atoms with Gasteiger partial charge < -0.3 is 9.16 Å². The van der Waals surface area contributed by atoms with Gasteiger partial charge in [0.05, 0.1) is 6.10 Å². The standard InChI is InChI=1S/C17H31F2NO4Si/c1-9(2)23-17(22)20-13(15(18)19)14(16(20)21)24-25(10(3)4,11(5)6)12(7)8/h9-15H,1-8H3/t13-,14-/m1/s1. The molecule has 2 amide bonds. The first-order valence-corrected chi connectivity index (χ1v) is 11.0. The second kappa shape index (κ2) is 8.12. The highest BCUT2D eigenvalue weighted by atomic mass is 28.4. The lowest BCUT2D eigenvalue weighted by Crippen LogP contribution is -2.73. The van der Waals surface area contributed by atoms with E-state index in [0.29, 0.717) is 4.90 Å². The van der Waals surface area contributed by atoms with Gasteiger partial charge in [-0.25, -0.2) is 18.5 Å². The van der Waals surface area contributed by atoms with Crippen molar-refractivity contribution in [3.05, 3.63) is 0 Å². The van der Waals surface area contributed by atoms with Crippen molar-refractivity contribution in [2.75, 3.05) is 0 Å². The Morgan fingerprint density at radius 2 is 1.44 bits per heavy atom. The highest BCUT2D eigenvalue weighted by Gasteiger charge is 2.61. The minimum Gasteiger partial charge on any atom is -0.446 e. The number of carbonyl (C=O) groups excluding carboxylic acids is 2. The number of halogens is 2. The van der Waals surface area contributed by atoms with E-state index in [9.17, 15) is 18.4 Å². The zero-order chi connectivity index (χ0) is 19.7. The molecule has 0 unspecified atom stereocenters. The van der Waals surface area contributed by atoms with Crippen LogP contribution in [0.3, 0.4) is 0 Å². The number of rotatable bonds is 7. The fraction of sp³-hybridized carbons (Fsp3) is 0.882. The number of imide groups is 1. The van der Waals surface area contributed by atoms with Crippen molar-refractivity contribution in [3.8, 4) is 0 Å². The van der Waals surface area contributed by atoms with Crippen LogP contribution in [0.1, 0.15) is 55.4 Å². The Bertz CT molecular complexity index is 475. The van der Waals surface area contributed by atoms with Crippen molar-refractivity contribution in [1.82, 2.24) is 4.90 Å². The van der Waals surface area contributed by atoms with E-state index in [2.05, 4.69) is 0 Å². The molecule has 1 aliphatic rings. The molecule has 0 N–H and O–H groups in total. The van der Waals surface area contributed by atoms with Gasteiger partial charge in [-0.1, -0.05) is 41.5 Å². The number of β-lactam (4-membered cyclic amide) rings is 1. The van der Waals surface area contributed by atoms with Gasteiger partial charge in [-0.05, 0) is 30.5 Å². The number of likely N-dealkylation sites (tertiary alicyclic amines) is 1. The third kappa shape index (κ3) is 4.05. The number of hydrogen-bond donors (Lipinski definition) is 0. The maximum atomic E-state index is 13.6. The van der Waals surface area contributed by atoms with Gasteiger partial charge in [-0.15, -0.1) is 0 Å². The number of amides is 2. The fourth-order valence-electron chi connectivity index (χ4n) is 3.95. The molecule has 1 aliphatic heterocycles. The summed E-state index contributed by atoms with van der Waals surface area (Å²) < 4.78 is 38.2. The normalized spacial score (nSPS) is 21.7. The number of nitrogens with zero attached hydrogens (tertiary/aromatic N) is 1. The average molecular weight is 380 g/mol. The first-order valence-electron chi connectivity index (χ1n) is 8.87. The van der Waals surface area contributed by atoms with Crippen molar-refractivity contribution < 1.29 is 27.5 Å². The van der Waals surface area contributed by atoms with E-state index in [1.165, 1.54) is 0 Å². The van der Waals surface area contributed by atoms with Gasteiger partial charge in [0, 0.05) is 0 Å². The highest BCUT2D eigenvalue weighted by Crippen LogP contribution is 2.45. The van der Waals surface area contributed by atoms with Crippen LogP contribution >= 0.6 is 0 Å². The molecule has 8 heteroatoms. The summed E-state index contributed by atoms with van der Waals surface area (Å²) >= 11 is 0. The monoisotopic (exact) mass is 379 g/mol. The Morgan fingerprint density at radius 3 is 1.76 bits per heavy atom. The fourth-order valence-corrected chi connectivity index (χ4v) is 9.44. The predicted octanol–water partition coefficient (Wildman–Crippen LogP) is 4.57. The van der Waals surface area contributed by atoms with Gasteiger partial charge in [-0.3, -0.25) is 4.79 Å². The molecule has 2 atom stereocenters. The minimum absolute atomic E-state index is 0.148. The number of alkyl halides is 2. The van der Waals surface area contributed by atoms with E-state index < -0.39 is 45.0 Å². The molecule has 1 saturated heterocycles. The van der Waals surface area contributed by atoms with Crippen molar-refractivity contribution in [1.29, 1.82) is 0 Å². The summed E-state index contributed by atoms with van der Waals surface area (Å²) in [6.07, 6.45) is -5.68. The Kier molecular flexibility index (Phi) is 7.15. The topological polar surface area (TPSA) is 55.8 Å². The maximum Gasteiger partial charge on any atom is 0.417 e. The molecule has 0 aromatic heterocycles. The first-order chi connectivity index (χ1) is 11.4. The van der Waals surface area contributed by atoms with Gasteiger partial charge in [0.15, 0.2) is 6.10 Å². The molecule has 0 aliphatic carbocycles. The van der Waals surface area contributed by atoms with Gasteiger partial charge in [0.1, 0.15) is 6.04 Å². The molecular weight excluding hydrogens is 348 g/mol. The molecule has 25 heavy (non-hydrogen) atoms. The summed E-state index contributed by atoms with van der Waals surface area (Å²) in [5, 5.41) is 0. The zero-order valence-corrected chi connectivity index (χ0v) is 17.4. The molecule has 0 bridgehead atoms. The van der Waals surface area contributed by atoms with Crippen LogP contribution in [0.25, 0.3) is 0 Å². The van der Waals surface area contributed by atoms with E-state index in [1.807, 2.05) is 41.5 Å². The first kappa shape index (κ1) is 22.0. The van der Waals surface area contributed by atoms with Crippen LogP contribution in [0, 0.1) is 0 Å². The Morgan fingerprint density at radius 1 is 1.00 bits per heavy atom. The SMILES string of the molecule is CC(C)OC(=O)N1C(=O)[C@H](O[Si](C(C)C)(C(C)C)C(C)C)[C@@H]1C(F)F. The van der Waals surface area contributed by atoms with Gasteiger partial charge in [0.2, 0.25) is 8.32 Å². The molecule has 0 spiro atoms. The maximum absolute atomic E-state index is 13.6. The lowest BCUT2D eigenvalue weighted by atomic mass is 10.00. The second-order valence-electron chi connectivity index (χ2n) is 7.82. The summed E-state index contributed by atoms with van der Waals surface area (Å²) in [4.78, 5) is 24.9.